The summed E-state index contributed by atoms with van der Waals surface area (Å²) in [6.07, 6.45) is 6.36. The third-order valence-corrected chi connectivity index (χ3v) is 7.50. The summed E-state index contributed by atoms with van der Waals surface area (Å²) >= 11 is 2.25. The molecule has 3 heterocycles. The second-order valence-corrected chi connectivity index (χ2v) is 10.7. The van der Waals surface area contributed by atoms with Gasteiger partial charge < -0.3 is 24.0 Å². The molecule has 206 valence electrons. The number of hydrogen-bond donors (Lipinski definition) is 1. The van der Waals surface area contributed by atoms with Crippen molar-refractivity contribution in [3.8, 4) is 17.2 Å². The van der Waals surface area contributed by atoms with Gasteiger partial charge in [-0.05, 0) is 84.5 Å². The molecule has 2 aliphatic heterocycles. The quantitative estimate of drug-likeness (QED) is 0.136. The molecule has 0 bridgehead atoms. The van der Waals surface area contributed by atoms with Gasteiger partial charge in [0.1, 0.15) is 19.0 Å². The highest BCUT2D eigenvalue weighted by Crippen LogP contribution is 2.33. The van der Waals surface area contributed by atoms with E-state index in [0.29, 0.717) is 42.6 Å². The summed E-state index contributed by atoms with van der Waals surface area (Å²) in [4.78, 5) is 18.5. The van der Waals surface area contributed by atoms with Crippen LogP contribution in [0.2, 0.25) is 0 Å². The Morgan fingerprint density at radius 1 is 0.897 bits per heavy atom. The van der Waals surface area contributed by atoms with E-state index in [4.69, 9.17) is 19.2 Å². The molecule has 2 fully saturated rings. The Morgan fingerprint density at radius 2 is 1.54 bits per heavy atom. The van der Waals surface area contributed by atoms with E-state index in [2.05, 4.69) is 52.9 Å². The van der Waals surface area contributed by atoms with Gasteiger partial charge in [-0.25, -0.2) is 5.43 Å². The van der Waals surface area contributed by atoms with Crippen molar-refractivity contribution >= 4 is 46.7 Å². The van der Waals surface area contributed by atoms with Crippen molar-refractivity contribution < 1.29 is 14.2 Å². The summed E-state index contributed by atoms with van der Waals surface area (Å²) in [5.41, 5.74) is 4.98. The summed E-state index contributed by atoms with van der Waals surface area (Å²) in [7, 11) is 1.63. The Labute approximate surface area is 242 Å². The smallest absolute Gasteiger partial charge is 0.250 e. The van der Waals surface area contributed by atoms with Gasteiger partial charge in [0.05, 0.1) is 16.9 Å². The van der Waals surface area contributed by atoms with Crippen LogP contribution >= 0.6 is 22.6 Å². The molecule has 2 saturated heterocycles. The molecule has 0 aliphatic carbocycles. The fraction of sp³-hybridized carbons (Fsp3) is 0.429. The molecule has 1 N–H and O–H groups in total. The Bertz CT molecular complexity index is 1260. The van der Waals surface area contributed by atoms with Gasteiger partial charge in [0.25, 0.3) is 0 Å². The molecule has 11 heteroatoms. The van der Waals surface area contributed by atoms with E-state index in [1.807, 2.05) is 43.3 Å². The van der Waals surface area contributed by atoms with E-state index in [1.54, 1.807) is 13.3 Å². The average Bonchev–Trinajstić information content (AvgIpc) is 3.68. The third kappa shape index (κ3) is 7.00. The maximum atomic E-state index is 6.02. The number of aromatic nitrogens is 3. The van der Waals surface area contributed by atoms with E-state index in [9.17, 15) is 0 Å². The second kappa shape index (κ2) is 13.1. The minimum atomic E-state index is 0.397. The number of aryl methyl sites for hydroxylation is 1. The van der Waals surface area contributed by atoms with Crippen LogP contribution in [0.15, 0.2) is 41.5 Å². The van der Waals surface area contributed by atoms with Gasteiger partial charge in [0.15, 0.2) is 11.5 Å². The number of ether oxygens (including phenoxy) is 3. The molecule has 5 rings (SSSR count). The fourth-order valence-corrected chi connectivity index (χ4v) is 5.43. The lowest BCUT2D eigenvalue weighted by Crippen LogP contribution is -2.25. The van der Waals surface area contributed by atoms with Gasteiger partial charge in [0.2, 0.25) is 17.8 Å². The van der Waals surface area contributed by atoms with Gasteiger partial charge >= 0.3 is 0 Å². The Kier molecular flexibility index (Phi) is 9.17. The van der Waals surface area contributed by atoms with E-state index in [-0.39, 0.29) is 0 Å². The number of anilines is 3. The molecular weight excluding hydrogens is 609 g/mol. The zero-order valence-corrected chi connectivity index (χ0v) is 24.6. The maximum absolute atomic E-state index is 6.02. The van der Waals surface area contributed by atoms with Crippen LogP contribution in [-0.2, 0) is 0 Å². The Balaban J connectivity index is 1.24. The summed E-state index contributed by atoms with van der Waals surface area (Å²) in [5.74, 6) is 4.05. The molecule has 1 aromatic heterocycles. The van der Waals surface area contributed by atoms with Crippen LogP contribution < -0.4 is 29.4 Å². The van der Waals surface area contributed by atoms with Gasteiger partial charge in [-0.1, -0.05) is 18.2 Å². The lowest BCUT2D eigenvalue weighted by Gasteiger charge is -2.20. The molecule has 0 amide bonds. The van der Waals surface area contributed by atoms with E-state index in [1.165, 1.54) is 0 Å². The van der Waals surface area contributed by atoms with E-state index >= 15 is 0 Å². The molecule has 0 saturated carbocycles. The van der Waals surface area contributed by atoms with Crippen LogP contribution in [0.25, 0.3) is 0 Å². The molecule has 10 nitrogen and oxygen atoms in total. The highest BCUT2D eigenvalue weighted by atomic mass is 127. The van der Waals surface area contributed by atoms with Crippen LogP contribution in [-0.4, -0.2) is 67.7 Å². The van der Waals surface area contributed by atoms with Crippen LogP contribution in [0.1, 0.15) is 36.8 Å². The fourth-order valence-electron chi connectivity index (χ4n) is 4.65. The van der Waals surface area contributed by atoms with Crippen molar-refractivity contribution in [2.24, 2.45) is 5.10 Å². The number of halogens is 1. The van der Waals surface area contributed by atoms with Crippen LogP contribution in [0.3, 0.4) is 0 Å². The predicted octanol–water partition coefficient (Wildman–Crippen LogP) is 4.90. The van der Waals surface area contributed by atoms with Gasteiger partial charge in [0, 0.05) is 26.2 Å². The van der Waals surface area contributed by atoms with Crippen LogP contribution in [0, 0.1) is 10.5 Å². The van der Waals surface area contributed by atoms with E-state index in [0.717, 1.165) is 72.3 Å². The summed E-state index contributed by atoms with van der Waals surface area (Å²) in [5, 5.41) is 4.43. The maximum Gasteiger partial charge on any atom is 0.250 e. The van der Waals surface area contributed by atoms with E-state index < -0.39 is 0 Å². The highest BCUT2D eigenvalue weighted by molar-refractivity contribution is 14.1. The van der Waals surface area contributed by atoms with Gasteiger partial charge in [-0.3, -0.25) is 0 Å². The second-order valence-electron chi connectivity index (χ2n) is 9.51. The normalized spacial score (nSPS) is 15.3. The molecule has 2 aliphatic rings. The summed E-state index contributed by atoms with van der Waals surface area (Å²) in [6, 6.07) is 11.8. The number of hydrogen-bond acceptors (Lipinski definition) is 10. The monoisotopic (exact) mass is 643 g/mol. The topological polar surface area (TPSA) is 97.2 Å². The Hall–Kier alpha value is -3.35. The number of hydrazone groups is 1. The SMILES string of the molecule is COc1cc(C=NNc2nc(N3CCCC3)nc(N3CCCC3)n2)cc(I)c1OCCOc1ccccc1C. The van der Waals surface area contributed by atoms with Gasteiger partial charge in [-0.2, -0.15) is 20.1 Å². The van der Waals surface area contributed by atoms with Gasteiger partial charge in [-0.15, -0.1) is 0 Å². The standard InChI is InChI=1S/C28H34IN7O3/c1-20-9-3-4-10-23(20)38-15-16-39-25-22(29)17-21(18-24(25)37-2)19-30-34-26-31-27(35-11-5-6-12-35)33-28(32-26)36-13-7-8-14-36/h3-4,9-10,17-19H,5-8,11-16H2,1-2H3,(H,31,32,33,34). The molecule has 39 heavy (non-hydrogen) atoms. The molecular formula is C28H34IN7O3. The number of para-hydroxylation sites is 1. The summed E-state index contributed by atoms with van der Waals surface area (Å²) < 4.78 is 18.4. The van der Waals surface area contributed by atoms with Crippen LogP contribution in [0.4, 0.5) is 17.8 Å². The summed E-state index contributed by atoms with van der Waals surface area (Å²) in [6.45, 7) is 6.73. The minimum absolute atomic E-state index is 0.397. The Morgan fingerprint density at radius 3 is 2.18 bits per heavy atom. The zero-order chi connectivity index (χ0) is 27.0. The molecule has 0 spiro atoms. The number of nitrogens with zero attached hydrogens (tertiary/aromatic N) is 6. The molecule has 0 unspecified atom stereocenters. The predicted molar refractivity (Wildman–Crippen MR) is 162 cm³/mol. The first-order valence-corrected chi connectivity index (χ1v) is 14.4. The number of methoxy groups -OCH3 is 1. The van der Waals surface area contributed by atoms with Crippen molar-refractivity contribution in [3.05, 3.63) is 51.1 Å². The molecule has 3 aromatic rings. The molecule has 2 aromatic carbocycles. The molecule has 0 radical (unpaired) electrons. The van der Waals surface area contributed by atoms with Crippen molar-refractivity contribution in [2.45, 2.75) is 32.6 Å². The van der Waals surface area contributed by atoms with Crippen LogP contribution in [0.5, 0.6) is 17.2 Å². The highest BCUT2D eigenvalue weighted by Gasteiger charge is 2.21. The third-order valence-electron chi connectivity index (χ3n) is 6.70. The van der Waals surface area contributed by atoms with Crippen molar-refractivity contribution in [2.75, 3.05) is 61.7 Å². The van der Waals surface area contributed by atoms with Crippen molar-refractivity contribution in [1.82, 2.24) is 15.0 Å². The first-order chi connectivity index (χ1) is 19.1. The van der Waals surface area contributed by atoms with Crippen molar-refractivity contribution in [1.29, 1.82) is 0 Å². The molecule has 0 atom stereocenters. The first kappa shape index (κ1) is 27.2. The number of nitrogens with one attached hydrogen (secondary N) is 1. The lowest BCUT2D eigenvalue weighted by atomic mass is 10.2. The largest absolute Gasteiger partial charge is 0.493 e. The lowest BCUT2D eigenvalue weighted by molar-refractivity contribution is 0.209. The average molecular weight is 644 g/mol. The van der Waals surface area contributed by atoms with Crippen molar-refractivity contribution in [3.63, 3.8) is 0 Å². The number of benzene rings is 2. The first-order valence-electron chi connectivity index (χ1n) is 13.3. The minimum Gasteiger partial charge on any atom is -0.493 e. The zero-order valence-electron chi connectivity index (χ0n) is 22.4. The number of rotatable bonds is 11.